The van der Waals surface area contributed by atoms with Crippen molar-refractivity contribution in [3.05, 3.63) is 65.4 Å². The van der Waals surface area contributed by atoms with E-state index in [4.69, 9.17) is 36.9 Å². The van der Waals surface area contributed by atoms with E-state index in [2.05, 4.69) is 63.3 Å². The Morgan fingerprint density at radius 1 is 0.682 bits per heavy atom. The average molecular weight is 1530 g/mol. The fourth-order valence-corrected chi connectivity index (χ4v) is 13.9. The van der Waals surface area contributed by atoms with Crippen LogP contribution in [0.5, 0.6) is 5.75 Å². The van der Waals surface area contributed by atoms with Crippen molar-refractivity contribution in [1.29, 1.82) is 5.41 Å². The van der Waals surface area contributed by atoms with Crippen LogP contribution in [0, 0.1) is 11.3 Å². The second-order valence-corrected chi connectivity index (χ2v) is 28.2. The van der Waals surface area contributed by atoms with Gasteiger partial charge in [-0.3, -0.25) is 72.5 Å². The lowest BCUT2D eigenvalue weighted by Crippen LogP contribution is -2.62. The summed E-state index contributed by atoms with van der Waals surface area (Å²) in [7, 11) is 1.31. The largest absolute Gasteiger partial charge is 0.494 e. The van der Waals surface area contributed by atoms with Crippen LogP contribution in [0.1, 0.15) is 127 Å². The molecule has 36 nitrogen and oxygen atoms in total. The van der Waals surface area contributed by atoms with Gasteiger partial charge >= 0.3 is 11.9 Å². The predicted octanol–water partition coefficient (Wildman–Crippen LogP) is -1.36. The number of thioether (sulfide) groups is 2. The molecule has 38 heteroatoms. The van der Waals surface area contributed by atoms with Gasteiger partial charge in [0.1, 0.15) is 79.0 Å². The summed E-state index contributed by atoms with van der Waals surface area (Å²) in [5, 5.41) is 57.9. The highest BCUT2D eigenvalue weighted by molar-refractivity contribution is 7.98. The average Bonchev–Trinajstić information content (AvgIpc) is 1.74. The smallest absolute Gasteiger partial charge is 0.305 e. The van der Waals surface area contributed by atoms with Crippen LogP contribution in [0.4, 0.5) is 0 Å². The molecule has 1 saturated heterocycles. The maximum absolute atomic E-state index is 15.2. The van der Waals surface area contributed by atoms with Gasteiger partial charge in [0.2, 0.25) is 65.0 Å². The first-order chi connectivity index (χ1) is 51.1. The van der Waals surface area contributed by atoms with E-state index in [0.717, 1.165) is 24.4 Å². The van der Waals surface area contributed by atoms with Gasteiger partial charge in [0, 0.05) is 86.2 Å². The highest BCUT2D eigenvalue weighted by Crippen LogP contribution is 2.28. The van der Waals surface area contributed by atoms with E-state index in [0.29, 0.717) is 52.6 Å². The molecule has 4 bridgehead atoms. The molecule has 1 fully saturated rings. The van der Waals surface area contributed by atoms with Crippen LogP contribution in [0.15, 0.2) is 53.8 Å². The number of aliphatic carboxylic acids is 2. The Morgan fingerprint density at radius 3 is 1.93 bits per heavy atom. The third-order valence-corrected chi connectivity index (χ3v) is 20.1. The Morgan fingerprint density at radius 2 is 1.28 bits per heavy atom. The number of ether oxygens (including phenoxy) is 2. The standard InChI is InChI=1S/C69H99N17O19S2/c1-4-38(2)58-67(101)82-49(30-41-32-75-44-14-8-7-13-43(41)44)64(98)79-46(17-19-54(70)87)61(95)78-47(18-20-56(89)90)62(96)83-51(59(71)93)36-106-34-39-27-40-29-42(28-39)104-24-9-5-6-10-25-105-76-33-55(88)77-45(15-11-22-74-69(72)73)60(94)84-52(37-107-35-40)68(102)86-23-12-16-53(86)66(100)80-48(21-26-103-3)63(97)81-50(31-57(91)92)65(99)85-58/h7-8,13-14,27-29,32-33,38,45-53,58,75H,4-6,9-12,15-26,30-31,34-37H2,1-3H3,(H2,70,87)(H2,71,93)(H,77,88)(H,78,95)(H,79,98)(H,80,100)(H,81,97)(H,82,101)(H,83,96)(H,84,94)(H,85,99)(H,89,90)(H,91,92)(H4,72,73,74)/b76-33+/t38-,45-,46-,47-,48-,49-,50-,51-,52-,53-,58-/m0/s1. The van der Waals surface area contributed by atoms with Gasteiger partial charge in [0.05, 0.1) is 13.0 Å². The van der Waals surface area contributed by atoms with Gasteiger partial charge in [0.15, 0.2) is 5.96 Å². The Labute approximate surface area is 626 Å². The number of aromatic amines is 1. The molecule has 107 heavy (non-hydrogen) atoms. The van der Waals surface area contributed by atoms with Crippen LogP contribution < -0.4 is 75.1 Å². The maximum atomic E-state index is 15.2. The number of carbonyl (C=O) groups excluding carboxylic acids is 12. The van der Waals surface area contributed by atoms with E-state index in [9.17, 15) is 72.5 Å². The molecule has 0 radical (unpaired) electrons. The zero-order valence-electron chi connectivity index (χ0n) is 60.0. The monoisotopic (exact) mass is 1530 g/mol. The summed E-state index contributed by atoms with van der Waals surface area (Å²) in [4.78, 5) is 206. The second-order valence-electron chi connectivity index (χ2n) is 26.2. The summed E-state index contributed by atoms with van der Waals surface area (Å²) in [6.07, 6.45) is 1.74. The van der Waals surface area contributed by atoms with Gasteiger partial charge in [-0.25, -0.2) is 0 Å². The molecule has 0 aliphatic carbocycles. The molecule has 0 saturated carbocycles. The van der Waals surface area contributed by atoms with Crippen molar-refractivity contribution >= 4 is 129 Å². The third-order valence-electron chi connectivity index (χ3n) is 17.9. The van der Waals surface area contributed by atoms with E-state index in [1.807, 2.05) is 6.07 Å². The highest BCUT2D eigenvalue weighted by atomic mass is 32.2. The molecular formula is C69H99N17O19S2. The van der Waals surface area contributed by atoms with Crippen molar-refractivity contribution in [2.75, 3.05) is 51.5 Å². The minimum Gasteiger partial charge on any atom is -0.494 e. The number of rotatable bonds is 20. The lowest BCUT2D eigenvalue weighted by Gasteiger charge is -2.31. The topological polar surface area (TPSA) is 561 Å². The molecule has 2 aromatic carbocycles. The molecule has 6 rings (SSSR count). The molecule has 586 valence electrons. The molecule has 20 N–H and O–H groups in total. The number of fused-ring (bicyclic) bond motifs is 7. The molecule has 3 aliphatic rings. The number of nitrogens with zero attached hydrogens (tertiary/aromatic N) is 2. The van der Waals surface area contributed by atoms with E-state index in [1.165, 1.54) is 23.8 Å². The fourth-order valence-electron chi connectivity index (χ4n) is 12.0. The molecule has 3 aromatic rings. The zero-order chi connectivity index (χ0) is 78.1. The van der Waals surface area contributed by atoms with Gasteiger partial charge < -0.3 is 105 Å². The summed E-state index contributed by atoms with van der Waals surface area (Å²) in [6.45, 7) is 3.58. The van der Waals surface area contributed by atoms with Crippen molar-refractivity contribution < 1.29 is 91.6 Å². The predicted molar refractivity (Wildman–Crippen MR) is 393 cm³/mol. The Balaban J connectivity index is 1.45. The van der Waals surface area contributed by atoms with Crippen LogP contribution in [0.2, 0.25) is 0 Å². The number of nitrogens with one attached hydrogen (secondary N) is 12. The van der Waals surface area contributed by atoms with Crippen LogP contribution >= 0.6 is 23.5 Å². The zero-order valence-corrected chi connectivity index (χ0v) is 61.6. The first-order valence-corrected chi connectivity index (χ1v) is 37.7. The Bertz CT molecular complexity index is 3680. The van der Waals surface area contributed by atoms with E-state index in [1.54, 1.807) is 56.4 Å². The first-order valence-electron chi connectivity index (χ1n) is 35.4. The molecular weight excluding hydrogens is 1430 g/mol. The summed E-state index contributed by atoms with van der Waals surface area (Å²) in [6, 6.07) is -3.37. The number of carbonyl (C=O) groups is 14. The van der Waals surface area contributed by atoms with Gasteiger partial charge in [0.25, 0.3) is 5.91 Å². The molecule has 0 unspecified atom stereocenters. The molecule has 12 amide bonds. The van der Waals surface area contributed by atoms with Gasteiger partial charge in [-0.2, -0.15) is 23.5 Å². The molecule has 3 aliphatic heterocycles. The summed E-state index contributed by atoms with van der Waals surface area (Å²) in [5.41, 5.74) is 19.4. The number of H-pyrrole nitrogens is 1. The Hall–Kier alpha value is -10.2. The first kappa shape index (κ1) is 85.7. The normalized spacial score (nSPS) is 24.4. The van der Waals surface area contributed by atoms with E-state index in [-0.39, 0.29) is 107 Å². The number of benzene rings is 2. The second kappa shape index (κ2) is 44.0. The molecule has 1 aromatic heterocycles. The number of para-hydroxylation sites is 1. The van der Waals surface area contributed by atoms with Crippen LogP contribution in [0.25, 0.3) is 10.9 Å². The number of hydrogen-bond donors (Lipinski definition) is 17. The number of carboxylic acid groups (broad SMARTS) is 2. The Kier molecular flexibility index (Phi) is 35.3. The molecule has 0 spiro atoms. The van der Waals surface area contributed by atoms with E-state index < -0.39 is 181 Å². The number of carboxylic acids is 2. The lowest BCUT2D eigenvalue weighted by molar-refractivity contribution is -0.143. The van der Waals surface area contributed by atoms with E-state index >= 15 is 4.79 Å². The number of nitrogens with two attached hydrogens (primary N) is 3. The summed E-state index contributed by atoms with van der Waals surface area (Å²) >= 11 is 2.36. The third kappa shape index (κ3) is 28.5. The van der Waals surface area contributed by atoms with Crippen LogP contribution in [0.3, 0.4) is 0 Å². The van der Waals surface area contributed by atoms with Crippen molar-refractivity contribution in [2.24, 2.45) is 28.3 Å². The summed E-state index contributed by atoms with van der Waals surface area (Å²) in [5.74, 6) is -15.3. The number of oxime groups is 1. The van der Waals surface area contributed by atoms with Crippen molar-refractivity contribution in [2.45, 2.75) is 189 Å². The minimum atomic E-state index is -1.95. The number of primary amides is 2. The number of hydrogen-bond acceptors (Lipinski definition) is 21. The number of aromatic nitrogens is 1. The molecule has 11 atom stereocenters. The number of methoxy groups -OCH3 is 1. The van der Waals surface area contributed by atoms with Gasteiger partial charge in [-0.15, -0.1) is 0 Å². The van der Waals surface area contributed by atoms with Crippen molar-refractivity contribution in [3.8, 4) is 5.75 Å². The SMILES string of the molecule is CC[C@H](C)[C@@H]1NC(=O)[C@H](CC(=O)O)NC(=O)[C@H](CCOC)NC(=O)[C@@H]2CCCN2C(=O)[C@@H]2CSCc3cc(cc(c3)OCCCCCCO/N=C/C(=O)N[C@@H](CCCNC(=N)N)C(=O)N2)CSC[C@@H](C(N)=O)NC(=O)[C@H](CCC(=O)O)NC(=O)[C@H](CCC(N)=O)NC(=O)[C@H](Cc2c[nH]c3ccccc23)NC1=O. The van der Waals surface area contributed by atoms with Gasteiger partial charge in [-0.1, -0.05) is 49.7 Å². The quantitative estimate of drug-likeness (QED) is 0.0353. The van der Waals surface area contributed by atoms with Crippen LogP contribution in [-0.2, 0) is 94.6 Å². The molecule has 4 heterocycles. The van der Waals surface area contributed by atoms with Crippen LogP contribution in [-0.4, -0.2) is 227 Å². The van der Waals surface area contributed by atoms with Gasteiger partial charge in [-0.05, 0) is 111 Å². The number of amides is 12. The fraction of sp³-hybridized carbons (Fsp3) is 0.565. The number of guanidine groups is 1. The highest BCUT2D eigenvalue weighted by Gasteiger charge is 2.42. The van der Waals surface area contributed by atoms with Crippen molar-refractivity contribution in [3.63, 3.8) is 0 Å². The van der Waals surface area contributed by atoms with Crippen molar-refractivity contribution in [1.82, 2.24) is 63.1 Å². The lowest BCUT2D eigenvalue weighted by atomic mass is 9.96. The maximum Gasteiger partial charge on any atom is 0.305 e. The summed E-state index contributed by atoms with van der Waals surface area (Å²) < 4.78 is 11.6. The minimum absolute atomic E-state index is 0.0173.